The number of aromatic nitrogens is 5. The van der Waals surface area contributed by atoms with Gasteiger partial charge in [0.1, 0.15) is 6.33 Å². The fraction of sp³-hybridized carbons (Fsp3) is 0.556. The van der Waals surface area contributed by atoms with Crippen molar-refractivity contribution < 1.29 is 9.47 Å². The van der Waals surface area contributed by atoms with Gasteiger partial charge in [-0.2, -0.15) is 0 Å². The van der Waals surface area contributed by atoms with Crippen LogP contribution in [0.3, 0.4) is 0 Å². The van der Waals surface area contributed by atoms with Gasteiger partial charge in [0.25, 0.3) is 0 Å². The summed E-state index contributed by atoms with van der Waals surface area (Å²) >= 11 is 0. The summed E-state index contributed by atoms with van der Waals surface area (Å²) in [6.45, 7) is 0.420. The highest BCUT2D eigenvalue weighted by atomic mass is 16.7. The molecule has 0 aliphatic rings. The monoisotopic (exact) mass is 238 g/mol. The fourth-order valence-electron chi connectivity index (χ4n) is 1.48. The predicted octanol–water partition coefficient (Wildman–Crippen LogP) is -0.118. The summed E-state index contributed by atoms with van der Waals surface area (Å²) in [4.78, 5) is 8.20. The molecule has 0 atom stereocenters. The molecule has 2 heterocycles. The van der Waals surface area contributed by atoms with Crippen LogP contribution in [0.1, 0.15) is 0 Å². The zero-order valence-corrected chi connectivity index (χ0v) is 9.91. The van der Waals surface area contributed by atoms with Crippen molar-refractivity contribution in [3.05, 3.63) is 6.33 Å². The number of hydrogen-bond donors (Lipinski definition) is 1. The number of anilines is 1. The molecule has 0 amide bonds. The highest BCUT2D eigenvalue weighted by molar-refractivity contribution is 5.81. The molecule has 17 heavy (non-hydrogen) atoms. The smallest absolute Gasteiger partial charge is 0.184 e. The van der Waals surface area contributed by atoms with Crippen molar-refractivity contribution in [2.45, 2.75) is 12.8 Å². The zero-order chi connectivity index (χ0) is 12.3. The molecule has 2 aromatic heterocycles. The predicted molar refractivity (Wildman–Crippen MR) is 60.5 cm³/mol. The molecule has 0 saturated carbocycles. The average molecular weight is 238 g/mol. The first-order valence-electron chi connectivity index (χ1n) is 5.07. The summed E-state index contributed by atoms with van der Waals surface area (Å²) in [5.41, 5.74) is 1.27. The maximum absolute atomic E-state index is 5.11. The van der Waals surface area contributed by atoms with Gasteiger partial charge in [-0.3, -0.25) is 0 Å². The Morgan fingerprint density at radius 2 is 2.12 bits per heavy atom. The lowest BCUT2D eigenvalue weighted by Crippen LogP contribution is -2.21. The van der Waals surface area contributed by atoms with E-state index in [0.717, 1.165) is 0 Å². The highest BCUT2D eigenvalue weighted by Gasteiger charge is 2.14. The molecular weight excluding hydrogens is 224 g/mol. The molecule has 1 N–H and O–H groups in total. The average Bonchev–Trinajstić information content (AvgIpc) is 2.79. The van der Waals surface area contributed by atoms with Gasteiger partial charge in [-0.1, -0.05) is 5.21 Å². The van der Waals surface area contributed by atoms with Crippen molar-refractivity contribution in [1.82, 2.24) is 25.0 Å². The van der Waals surface area contributed by atoms with E-state index in [9.17, 15) is 0 Å². The molecule has 0 aromatic carbocycles. The Morgan fingerprint density at radius 3 is 2.76 bits per heavy atom. The Labute approximate surface area is 97.9 Å². The lowest BCUT2D eigenvalue weighted by molar-refractivity contribution is -0.112. The molecule has 0 radical (unpaired) electrons. The number of fused-ring (bicyclic) bond motifs is 1. The largest absolute Gasteiger partial charge is 0.371 e. The zero-order valence-electron chi connectivity index (χ0n) is 9.91. The van der Waals surface area contributed by atoms with E-state index in [1.807, 2.05) is 0 Å². The molecule has 2 aromatic rings. The molecule has 0 unspecified atom stereocenters. The Bertz CT molecular complexity index is 495. The molecule has 0 saturated heterocycles. The number of nitrogens with zero attached hydrogens (tertiary/aromatic N) is 5. The van der Waals surface area contributed by atoms with E-state index in [1.165, 1.54) is 6.33 Å². The Morgan fingerprint density at radius 1 is 1.35 bits per heavy atom. The van der Waals surface area contributed by atoms with Gasteiger partial charge in [0, 0.05) is 21.3 Å². The van der Waals surface area contributed by atoms with Crippen LogP contribution in [0.4, 0.5) is 5.82 Å². The van der Waals surface area contributed by atoms with Gasteiger partial charge < -0.3 is 14.8 Å². The van der Waals surface area contributed by atoms with Gasteiger partial charge in [-0.25, -0.2) is 14.6 Å². The second kappa shape index (κ2) is 5.02. The molecule has 0 aliphatic heterocycles. The summed E-state index contributed by atoms with van der Waals surface area (Å²) in [5.74, 6) is 0.646. The lowest BCUT2D eigenvalue weighted by atomic mass is 10.5. The maximum atomic E-state index is 5.11. The van der Waals surface area contributed by atoms with Crippen LogP contribution < -0.4 is 5.32 Å². The van der Waals surface area contributed by atoms with Gasteiger partial charge in [0.2, 0.25) is 0 Å². The van der Waals surface area contributed by atoms with Crippen LogP contribution in [0, 0.1) is 0 Å². The summed E-state index contributed by atoms with van der Waals surface area (Å²) in [6, 6.07) is 0. The fourth-order valence-corrected chi connectivity index (χ4v) is 1.48. The van der Waals surface area contributed by atoms with Crippen molar-refractivity contribution in [2.24, 2.45) is 0 Å². The minimum absolute atomic E-state index is 0.382. The van der Waals surface area contributed by atoms with E-state index < -0.39 is 0 Å². The first kappa shape index (κ1) is 11.7. The van der Waals surface area contributed by atoms with Crippen LogP contribution in [0.2, 0.25) is 0 Å². The molecule has 0 aliphatic carbocycles. The minimum atomic E-state index is -0.382. The number of rotatable bonds is 5. The Hall–Kier alpha value is -1.80. The highest BCUT2D eigenvalue weighted by Crippen LogP contribution is 2.15. The molecule has 0 spiro atoms. The van der Waals surface area contributed by atoms with Crippen molar-refractivity contribution in [2.75, 3.05) is 26.6 Å². The third-order valence-electron chi connectivity index (χ3n) is 2.38. The third kappa shape index (κ3) is 2.17. The number of hydrogen-bond acceptors (Lipinski definition) is 7. The molecule has 92 valence electrons. The molecule has 0 fully saturated rings. The molecule has 2 rings (SSSR count). The molecule has 8 heteroatoms. The first-order valence-corrected chi connectivity index (χ1v) is 5.07. The van der Waals surface area contributed by atoms with Crippen LogP contribution in [0.15, 0.2) is 6.33 Å². The van der Waals surface area contributed by atoms with Crippen molar-refractivity contribution >= 4 is 17.0 Å². The lowest BCUT2D eigenvalue weighted by Gasteiger charge is -2.12. The summed E-state index contributed by atoms with van der Waals surface area (Å²) in [5, 5.41) is 11.0. The minimum Gasteiger partial charge on any atom is -0.371 e. The maximum Gasteiger partial charge on any atom is 0.184 e. The van der Waals surface area contributed by atoms with Crippen LogP contribution >= 0.6 is 0 Å². The third-order valence-corrected chi connectivity index (χ3v) is 2.38. The van der Waals surface area contributed by atoms with Crippen molar-refractivity contribution in [1.29, 1.82) is 0 Å². The van der Waals surface area contributed by atoms with Crippen molar-refractivity contribution in [3.8, 4) is 0 Å². The van der Waals surface area contributed by atoms with Crippen LogP contribution in [-0.2, 0) is 16.0 Å². The Kier molecular flexibility index (Phi) is 3.45. The summed E-state index contributed by atoms with van der Waals surface area (Å²) < 4.78 is 11.8. The topological polar surface area (TPSA) is 87.0 Å². The van der Waals surface area contributed by atoms with Crippen LogP contribution in [0.25, 0.3) is 11.2 Å². The van der Waals surface area contributed by atoms with Crippen molar-refractivity contribution in [3.63, 3.8) is 0 Å². The molecule has 0 bridgehead atoms. The van der Waals surface area contributed by atoms with E-state index in [0.29, 0.717) is 23.5 Å². The molecule has 8 nitrogen and oxygen atoms in total. The molecular formula is C9H14N6O2. The van der Waals surface area contributed by atoms with E-state index in [1.54, 1.807) is 25.9 Å². The quantitative estimate of drug-likeness (QED) is 0.726. The van der Waals surface area contributed by atoms with Gasteiger partial charge in [-0.05, 0) is 0 Å². The first-order chi connectivity index (χ1) is 8.30. The van der Waals surface area contributed by atoms with Crippen LogP contribution in [-0.4, -0.2) is 52.5 Å². The summed E-state index contributed by atoms with van der Waals surface area (Å²) in [7, 11) is 4.91. The Balaban J connectivity index is 2.36. The number of ether oxygens (including phenoxy) is 2. The second-order valence-corrected chi connectivity index (χ2v) is 3.32. The normalized spacial score (nSPS) is 11.3. The number of nitrogens with one attached hydrogen (secondary N) is 1. The van der Waals surface area contributed by atoms with E-state index in [-0.39, 0.29) is 6.29 Å². The second-order valence-electron chi connectivity index (χ2n) is 3.32. The van der Waals surface area contributed by atoms with Gasteiger partial charge in [-0.15, -0.1) is 5.10 Å². The van der Waals surface area contributed by atoms with E-state index >= 15 is 0 Å². The number of methoxy groups -OCH3 is 2. The SMILES string of the molecule is CNc1ncnc2c1nnn2CC(OC)OC. The van der Waals surface area contributed by atoms with Gasteiger partial charge in [0.05, 0.1) is 6.54 Å². The standard InChI is InChI=1S/C9H14N6O2/c1-10-8-7-9(12-5-11-8)15(14-13-7)4-6(16-2)17-3/h5-6H,4H2,1-3H3,(H,10,11,12). The van der Waals surface area contributed by atoms with Crippen LogP contribution in [0.5, 0.6) is 0 Å². The van der Waals surface area contributed by atoms with E-state index in [4.69, 9.17) is 9.47 Å². The summed E-state index contributed by atoms with van der Waals surface area (Å²) in [6.07, 6.45) is 1.08. The van der Waals surface area contributed by atoms with E-state index in [2.05, 4.69) is 25.6 Å². The van der Waals surface area contributed by atoms with Gasteiger partial charge >= 0.3 is 0 Å². The van der Waals surface area contributed by atoms with Gasteiger partial charge in [0.15, 0.2) is 23.3 Å².